The third-order valence-corrected chi connectivity index (χ3v) is 4.59. The van der Waals surface area contributed by atoms with Gasteiger partial charge in [0.1, 0.15) is 11.8 Å². The van der Waals surface area contributed by atoms with E-state index in [1.807, 2.05) is 54.6 Å². The van der Waals surface area contributed by atoms with Crippen LogP contribution in [0.15, 0.2) is 66.4 Å². The lowest BCUT2D eigenvalue weighted by molar-refractivity contribution is -0.137. The molecule has 2 aromatic carbocycles. The number of esters is 1. The highest BCUT2D eigenvalue weighted by atomic mass is 16.5. The summed E-state index contributed by atoms with van der Waals surface area (Å²) in [5.41, 5.74) is 2.40. The minimum absolute atomic E-state index is 0.0596. The number of hydrogen-bond donors (Lipinski definition) is 1. The normalized spacial score (nSPS) is 19.0. The molecule has 1 saturated heterocycles. The van der Waals surface area contributed by atoms with Crippen LogP contribution in [0.5, 0.6) is 5.75 Å². The number of anilines is 1. The molecule has 2 atom stereocenters. The van der Waals surface area contributed by atoms with Gasteiger partial charge in [-0.2, -0.15) is 0 Å². The van der Waals surface area contributed by atoms with Crippen LogP contribution in [0.3, 0.4) is 0 Å². The van der Waals surface area contributed by atoms with Crippen molar-refractivity contribution in [3.05, 3.63) is 71.9 Å². The molecule has 0 spiro atoms. The number of carbonyl (C=O) groups is 2. The summed E-state index contributed by atoms with van der Waals surface area (Å²) >= 11 is 0. The molecule has 0 aliphatic carbocycles. The standard InChI is InChI=1S/C22H24N2O4/c1-4-28-19(25)14-15(2)23-20-21(16-8-6-5-7-9-16)24(22(20)26)17-10-12-18(27-3)13-11-17/h5-14,20-21,23H,4H2,1-3H3. The van der Waals surface area contributed by atoms with E-state index in [0.29, 0.717) is 12.3 Å². The lowest BCUT2D eigenvalue weighted by Crippen LogP contribution is -2.64. The van der Waals surface area contributed by atoms with Crippen LogP contribution in [0.25, 0.3) is 0 Å². The van der Waals surface area contributed by atoms with E-state index in [1.54, 1.807) is 25.9 Å². The van der Waals surface area contributed by atoms with Gasteiger partial charge >= 0.3 is 5.97 Å². The molecule has 28 heavy (non-hydrogen) atoms. The van der Waals surface area contributed by atoms with E-state index in [-0.39, 0.29) is 11.9 Å². The van der Waals surface area contributed by atoms with Crippen LogP contribution in [0.2, 0.25) is 0 Å². The average Bonchev–Trinajstić information content (AvgIpc) is 2.71. The van der Waals surface area contributed by atoms with Gasteiger partial charge in [-0.15, -0.1) is 0 Å². The SMILES string of the molecule is CCOC(=O)C=C(C)NC1C(=O)N(c2ccc(OC)cc2)C1c1ccccc1. The van der Waals surface area contributed by atoms with Gasteiger partial charge in [0.05, 0.1) is 19.8 Å². The highest BCUT2D eigenvalue weighted by molar-refractivity contribution is 6.06. The van der Waals surface area contributed by atoms with Crippen LogP contribution in [0.4, 0.5) is 5.69 Å². The predicted molar refractivity (Wildman–Crippen MR) is 107 cm³/mol. The van der Waals surface area contributed by atoms with Crippen molar-refractivity contribution in [3.8, 4) is 5.75 Å². The number of hydrogen-bond acceptors (Lipinski definition) is 5. The van der Waals surface area contributed by atoms with Crippen LogP contribution in [-0.2, 0) is 14.3 Å². The number of methoxy groups -OCH3 is 1. The fraction of sp³-hybridized carbons (Fsp3) is 0.273. The second-order valence-electron chi connectivity index (χ2n) is 6.46. The molecule has 1 aliphatic heterocycles. The Morgan fingerprint density at radius 1 is 1.14 bits per heavy atom. The summed E-state index contributed by atoms with van der Waals surface area (Å²) in [7, 11) is 1.61. The summed E-state index contributed by atoms with van der Waals surface area (Å²) in [6.45, 7) is 3.81. The molecule has 3 rings (SSSR count). The molecular formula is C22H24N2O4. The number of nitrogens with zero attached hydrogens (tertiary/aromatic N) is 1. The molecular weight excluding hydrogens is 356 g/mol. The summed E-state index contributed by atoms with van der Waals surface area (Å²) in [4.78, 5) is 26.4. The summed E-state index contributed by atoms with van der Waals surface area (Å²) in [5, 5.41) is 3.17. The Bertz CT molecular complexity index is 862. The molecule has 1 amide bonds. The molecule has 2 unspecified atom stereocenters. The van der Waals surface area contributed by atoms with Crippen molar-refractivity contribution in [2.24, 2.45) is 0 Å². The number of ether oxygens (including phenoxy) is 2. The van der Waals surface area contributed by atoms with Gasteiger partial charge in [-0.3, -0.25) is 4.79 Å². The van der Waals surface area contributed by atoms with E-state index in [1.165, 1.54) is 6.08 Å². The van der Waals surface area contributed by atoms with E-state index in [9.17, 15) is 9.59 Å². The third kappa shape index (κ3) is 4.01. The molecule has 0 radical (unpaired) electrons. The second kappa shape index (κ2) is 8.61. The zero-order valence-electron chi connectivity index (χ0n) is 16.2. The smallest absolute Gasteiger partial charge is 0.332 e. The van der Waals surface area contributed by atoms with Gasteiger partial charge < -0.3 is 19.7 Å². The van der Waals surface area contributed by atoms with Gasteiger partial charge in [0.15, 0.2) is 0 Å². The predicted octanol–water partition coefficient (Wildman–Crippen LogP) is 3.21. The van der Waals surface area contributed by atoms with Crippen molar-refractivity contribution in [1.82, 2.24) is 5.32 Å². The number of carbonyl (C=O) groups excluding carboxylic acids is 2. The maximum absolute atomic E-state index is 12.9. The lowest BCUT2D eigenvalue weighted by atomic mass is 9.87. The highest BCUT2D eigenvalue weighted by Crippen LogP contribution is 2.40. The van der Waals surface area contributed by atoms with Crippen LogP contribution < -0.4 is 15.0 Å². The van der Waals surface area contributed by atoms with E-state index >= 15 is 0 Å². The Hall–Kier alpha value is -3.28. The van der Waals surface area contributed by atoms with Crippen molar-refractivity contribution in [2.75, 3.05) is 18.6 Å². The van der Waals surface area contributed by atoms with E-state index < -0.39 is 12.0 Å². The molecule has 0 saturated carbocycles. The molecule has 2 aromatic rings. The first-order chi connectivity index (χ1) is 13.5. The van der Waals surface area contributed by atoms with Gasteiger partial charge in [0.2, 0.25) is 0 Å². The molecule has 1 N–H and O–H groups in total. The second-order valence-corrected chi connectivity index (χ2v) is 6.46. The Labute approximate surface area is 164 Å². The molecule has 6 nitrogen and oxygen atoms in total. The third-order valence-electron chi connectivity index (χ3n) is 4.59. The van der Waals surface area contributed by atoms with Crippen LogP contribution in [-0.4, -0.2) is 31.6 Å². The molecule has 0 bridgehead atoms. The monoisotopic (exact) mass is 380 g/mol. The highest BCUT2D eigenvalue weighted by Gasteiger charge is 2.49. The van der Waals surface area contributed by atoms with E-state index in [2.05, 4.69) is 5.32 Å². The van der Waals surface area contributed by atoms with Crippen LogP contribution in [0.1, 0.15) is 25.5 Å². The Morgan fingerprint density at radius 3 is 2.43 bits per heavy atom. The summed E-state index contributed by atoms with van der Waals surface area (Å²) in [5.74, 6) is 0.244. The molecule has 1 aliphatic rings. The fourth-order valence-electron chi connectivity index (χ4n) is 3.30. The van der Waals surface area contributed by atoms with Crippen molar-refractivity contribution < 1.29 is 19.1 Å². The van der Waals surface area contributed by atoms with Gasteiger partial charge in [-0.1, -0.05) is 30.3 Å². The molecule has 0 aromatic heterocycles. The maximum atomic E-state index is 12.9. The van der Waals surface area contributed by atoms with Crippen molar-refractivity contribution in [2.45, 2.75) is 25.9 Å². The first-order valence-corrected chi connectivity index (χ1v) is 9.18. The van der Waals surface area contributed by atoms with E-state index in [0.717, 1.165) is 17.0 Å². The summed E-state index contributed by atoms with van der Waals surface area (Å²) < 4.78 is 10.1. The van der Waals surface area contributed by atoms with Gasteiger partial charge in [-0.05, 0) is 43.7 Å². The van der Waals surface area contributed by atoms with Crippen LogP contribution in [0, 0.1) is 0 Å². The molecule has 1 fully saturated rings. The Balaban J connectivity index is 1.86. The maximum Gasteiger partial charge on any atom is 0.332 e. The van der Waals surface area contributed by atoms with Gasteiger partial charge in [-0.25, -0.2) is 4.79 Å². The van der Waals surface area contributed by atoms with Gasteiger partial charge in [0, 0.05) is 17.5 Å². The van der Waals surface area contributed by atoms with Crippen molar-refractivity contribution in [3.63, 3.8) is 0 Å². The Morgan fingerprint density at radius 2 is 1.82 bits per heavy atom. The first-order valence-electron chi connectivity index (χ1n) is 9.18. The topological polar surface area (TPSA) is 67.9 Å². The van der Waals surface area contributed by atoms with Crippen molar-refractivity contribution in [1.29, 1.82) is 0 Å². The van der Waals surface area contributed by atoms with E-state index in [4.69, 9.17) is 9.47 Å². The van der Waals surface area contributed by atoms with Crippen molar-refractivity contribution >= 4 is 17.6 Å². The average molecular weight is 380 g/mol. The number of nitrogens with one attached hydrogen (secondary N) is 1. The Kier molecular flexibility index (Phi) is 5.99. The van der Waals surface area contributed by atoms with Crippen LogP contribution >= 0.6 is 0 Å². The number of rotatable bonds is 7. The number of benzene rings is 2. The quantitative estimate of drug-likeness (QED) is 0.454. The molecule has 6 heteroatoms. The summed E-state index contributed by atoms with van der Waals surface area (Å²) in [6.07, 6.45) is 1.37. The molecule has 146 valence electrons. The lowest BCUT2D eigenvalue weighted by Gasteiger charge is -2.48. The fourth-order valence-corrected chi connectivity index (χ4v) is 3.30. The zero-order valence-corrected chi connectivity index (χ0v) is 16.2. The minimum atomic E-state index is -0.463. The number of β-lactam (4-membered cyclic amide) rings is 1. The largest absolute Gasteiger partial charge is 0.497 e. The number of amides is 1. The first kappa shape index (κ1) is 19.5. The zero-order chi connectivity index (χ0) is 20.1. The number of allylic oxidation sites excluding steroid dienone is 1. The van der Waals surface area contributed by atoms with Gasteiger partial charge in [0.25, 0.3) is 5.91 Å². The summed E-state index contributed by atoms with van der Waals surface area (Å²) in [6, 6.07) is 16.6. The minimum Gasteiger partial charge on any atom is -0.497 e. The molecule has 1 heterocycles.